The molecule has 0 spiro atoms. The third-order valence-electron chi connectivity index (χ3n) is 2.16. The molecule has 0 amide bonds. The normalized spacial score (nSPS) is 18.0. The lowest BCUT2D eigenvalue weighted by atomic mass is 10.2. The summed E-state index contributed by atoms with van der Waals surface area (Å²) >= 11 is 0. The van der Waals surface area contributed by atoms with E-state index in [1.165, 1.54) is 6.92 Å². The molecule has 1 heterocycles. The molecule has 1 aromatic carbocycles. The molecule has 0 saturated heterocycles. The van der Waals surface area contributed by atoms with Crippen LogP contribution < -0.4 is 5.32 Å². The van der Waals surface area contributed by atoms with Gasteiger partial charge in [-0.25, -0.2) is 0 Å². The number of hydrogen-bond acceptors (Lipinski definition) is 3. The first-order valence-corrected chi connectivity index (χ1v) is 5.94. The minimum Gasteiger partial charge on any atom is -0.342 e. The predicted molar refractivity (Wildman–Crippen MR) is 55.4 cm³/mol. The molecule has 0 atom stereocenters. The predicted octanol–water partition coefficient (Wildman–Crippen LogP) is 2.24. The van der Waals surface area contributed by atoms with Gasteiger partial charge in [-0.2, -0.15) is 21.6 Å². The molecule has 17 heavy (non-hydrogen) atoms. The summed E-state index contributed by atoms with van der Waals surface area (Å²) in [4.78, 5) is -0.254. The summed E-state index contributed by atoms with van der Waals surface area (Å²) in [5.74, 6) is 0.0387. The van der Waals surface area contributed by atoms with Crippen LogP contribution in [0.3, 0.4) is 0 Å². The van der Waals surface area contributed by atoms with Gasteiger partial charge < -0.3 is 5.32 Å². The van der Waals surface area contributed by atoms with Crippen LogP contribution in [0.2, 0.25) is 0 Å². The van der Waals surface area contributed by atoms with E-state index in [-0.39, 0.29) is 16.4 Å². The van der Waals surface area contributed by atoms with Crippen molar-refractivity contribution in [1.82, 2.24) is 0 Å². The summed E-state index contributed by atoms with van der Waals surface area (Å²) < 4.78 is 63.7. The number of hydrogen-bond donors (Lipinski definition) is 1. The Bertz CT molecular complexity index is 605. The van der Waals surface area contributed by atoms with E-state index in [1.807, 2.05) is 0 Å². The van der Waals surface area contributed by atoms with Gasteiger partial charge in [0.05, 0.1) is 11.3 Å². The Morgan fingerprint density at radius 1 is 1.29 bits per heavy atom. The van der Waals surface area contributed by atoms with Gasteiger partial charge in [-0.3, -0.25) is 0 Å². The number of nitrogens with one attached hydrogen (secondary N) is 1. The van der Waals surface area contributed by atoms with E-state index >= 15 is 0 Å². The molecule has 1 N–H and O–H groups in total. The summed E-state index contributed by atoms with van der Waals surface area (Å²) in [7, 11) is -3.90. The van der Waals surface area contributed by atoms with Crippen LogP contribution >= 0.6 is 0 Å². The van der Waals surface area contributed by atoms with Crippen LogP contribution in [0.5, 0.6) is 0 Å². The number of sulfonamides is 1. The van der Waals surface area contributed by atoms with Gasteiger partial charge >= 0.3 is 6.18 Å². The van der Waals surface area contributed by atoms with Crippen LogP contribution in [-0.2, 0) is 16.2 Å². The number of benzene rings is 1. The average molecular weight is 264 g/mol. The summed E-state index contributed by atoms with van der Waals surface area (Å²) in [6, 6.07) is 2.37. The van der Waals surface area contributed by atoms with E-state index in [0.717, 1.165) is 12.1 Å². The highest BCUT2D eigenvalue weighted by Gasteiger charge is 2.33. The molecule has 0 saturated carbocycles. The Hall–Kier alpha value is -1.57. The van der Waals surface area contributed by atoms with Crippen molar-refractivity contribution < 1.29 is 21.6 Å². The third-order valence-corrected chi connectivity index (χ3v) is 3.58. The molecule has 1 aromatic rings. The first-order valence-electron chi connectivity index (χ1n) is 4.50. The van der Waals surface area contributed by atoms with Gasteiger partial charge in [0.1, 0.15) is 10.7 Å². The molecule has 0 aliphatic carbocycles. The fraction of sp³-hybridized carbons (Fsp3) is 0.222. The molecule has 1 aliphatic heterocycles. The lowest BCUT2D eigenvalue weighted by molar-refractivity contribution is -0.137. The van der Waals surface area contributed by atoms with E-state index in [0.29, 0.717) is 6.07 Å². The number of alkyl halides is 3. The van der Waals surface area contributed by atoms with Crippen molar-refractivity contribution in [3.8, 4) is 0 Å². The van der Waals surface area contributed by atoms with Crippen LogP contribution in [0.1, 0.15) is 12.5 Å². The smallest absolute Gasteiger partial charge is 0.342 e. The standard InChI is InChI=1S/C9H7F3N2O2S/c1-5-13-7-4-6(9(10,11)12)2-3-8(7)17(15,16)14-5/h2-4H,1H3,(H,13,14). The van der Waals surface area contributed by atoms with E-state index in [4.69, 9.17) is 0 Å². The molecule has 0 aromatic heterocycles. The average Bonchev–Trinajstić information content (AvgIpc) is 2.13. The maximum absolute atomic E-state index is 12.4. The second-order valence-corrected chi connectivity index (χ2v) is 5.06. The highest BCUT2D eigenvalue weighted by molar-refractivity contribution is 7.90. The second kappa shape index (κ2) is 3.46. The highest BCUT2D eigenvalue weighted by Crippen LogP contribution is 2.35. The van der Waals surface area contributed by atoms with Crippen molar-refractivity contribution in [3.63, 3.8) is 0 Å². The number of halogens is 3. The summed E-state index contributed by atoms with van der Waals surface area (Å²) in [6.07, 6.45) is -4.51. The first-order chi connectivity index (χ1) is 7.70. The van der Waals surface area contributed by atoms with Gasteiger partial charge in [-0.1, -0.05) is 0 Å². The molecular weight excluding hydrogens is 257 g/mol. The lowest BCUT2D eigenvalue weighted by Crippen LogP contribution is -2.19. The molecule has 1 aliphatic rings. The fourth-order valence-corrected chi connectivity index (χ4v) is 2.61. The SMILES string of the molecule is CC1=NS(=O)(=O)c2ccc(C(F)(F)F)cc2N1. The molecule has 0 fully saturated rings. The van der Waals surface area contributed by atoms with Gasteiger partial charge in [-0.15, -0.1) is 4.40 Å². The number of nitrogens with zero attached hydrogens (tertiary/aromatic N) is 1. The Morgan fingerprint density at radius 3 is 2.53 bits per heavy atom. The zero-order valence-corrected chi connectivity index (χ0v) is 9.35. The third kappa shape index (κ3) is 2.12. The van der Waals surface area contributed by atoms with Crippen LogP contribution in [-0.4, -0.2) is 14.3 Å². The van der Waals surface area contributed by atoms with Gasteiger partial charge in [0.2, 0.25) is 0 Å². The van der Waals surface area contributed by atoms with Crippen molar-refractivity contribution in [1.29, 1.82) is 0 Å². The van der Waals surface area contributed by atoms with Crippen LogP contribution in [0.15, 0.2) is 27.5 Å². The minimum absolute atomic E-state index is 0.0387. The summed E-state index contributed by atoms with van der Waals surface area (Å²) in [6.45, 7) is 1.36. The van der Waals surface area contributed by atoms with Crippen LogP contribution in [0.25, 0.3) is 0 Å². The van der Waals surface area contributed by atoms with Gasteiger partial charge in [0, 0.05) is 0 Å². The monoisotopic (exact) mass is 264 g/mol. The van der Waals surface area contributed by atoms with E-state index in [1.54, 1.807) is 0 Å². The Morgan fingerprint density at radius 2 is 1.94 bits per heavy atom. The maximum atomic E-state index is 12.4. The van der Waals surface area contributed by atoms with Crippen LogP contribution in [0.4, 0.5) is 18.9 Å². The number of rotatable bonds is 0. The van der Waals surface area contributed by atoms with Crippen molar-refractivity contribution in [2.45, 2.75) is 18.0 Å². The second-order valence-electron chi connectivity index (χ2n) is 3.49. The number of amidine groups is 1. The van der Waals surface area contributed by atoms with Crippen LogP contribution in [0, 0.1) is 0 Å². The Balaban J connectivity index is 2.62. The molecule has 4 nitrogen and oxygen atoms in total. The number of anilines is 1. The molecule has 0 radical (unpaired) electrons. The van der Waals surface area contributed by atoms with Gasteiger partial charge in [0.25, 0.3) is 10.0 Å². The first kappa shape index (κ1) is 11.9. The fourth-order valence-electron chi connectivity index (χ4n) is 1.48. The van der Waals surface area contributed by atoms with Crippen molar-refractivity contribution in [2.24, 2.45) is 4.40 Å². The Kier molecular flexibility index (Phi) is 2.42. The molecule has 92 valence electrons. The zero-order chi connectivity index (χ0) is 12.8. The molecular formula is C9H7F3N2O2S. The van der Waals surface area contributed by atoms with E-state index in [9.17, 15) is 21.6 Å². The molecule has 0 bridgehead atoms. The largest absolute Gasteiger partial charge is 0.416 e. The molecule has 2 rings (SSSR count). The molecule has 0 unspecified atom stereocenters. The summed E-state index contributed by atoms with van der Waals surface area (Å²) in [5.41, 5.74) is -1.01. The quantitative estimate of drug-likeness (QED) is 0.781. The molecule has 8 heteroatoms. The van der Waals surface area contributed by atoms with Crippen molar-refractivity contribution in [2.75, 3.05) is 5.32 Å². The lowest BCUT2D eigenvalue weighted by Gasteiger charge is -2.17. The zero-order valence-electron chi connectivity index (χ0n) is 8.54. The minimum atomic E-state index is -4.51. The van der Waals surface area contributed by atoms with Crippen molar-refractivity contribution in [3.05, 3.63) is 23.8 Å². The summed E-state index contributed by atoms with van der Waals surface area (Å²) in [5, 5.41) is 2.50. The van der Waals surface area contributed by atoms with Gasteiger partial charge in [-0.05, 0) is 25.1 Å². The van der Waals surface area contributed by atoms with Crippen molar-refractivity contribution >= 4 is 21.5 Å². The van der Waals surface area contributed by atoms with E-state index in [2.05, 4.69) is 9.71 Å². The maximum Gasteiger partial charge on any atom is 0.416 e. The number of fused-ring (bicyclic) bond motifs is 1. The van der Waals surface area contributed by atoms with E-state index < -0.39 is 21.8 Å². The van der Waals surface area contributed by atoms with Gasteiger partial charge in [0.15, 0.2) is 0 Å². The topological polar surface area (TPSA) is 58.5 Å². The Labute approximate surface area is 95.2 Å². The highest BCUT2D eigenvalue weighted by atomic mass is 32.2.